The zero-order chi connectivity index (χ0) is 29.2. The van der Waals surface area contributed by atoms with Gasteiger partial charge in [0.05, 0.1) is 29.7 Å². The molecular weight excluding hydrogens is 598 g/mol. The van der Waals surface area contributed by atoms with Gasteiger partial charge in [-0.1, -0.05) is 24.6 Å². The van der Waals surface area contributed by atoms with Gasteiger partial charge in [0, 0.05) is 30.2 Å². The third-order valence-electron chi connectivity index (χ3n) is 6.64. The number of nitrogens with zero attached hydrogens (tertiary/aromatic N) is 2. The minimum Gasteiger partial charge on any atom is -0.488 e. The van der Waals surface area contributed by atoms with E-state index in [1.807, 2.05) is 6.92 Å². The third-order valence-corrected chi connectivity index (χ3v) is 11.5. The predicted octanol–water partition coefficient (Wildman–Crippen LogP) is 3.74. The van der Waals surface area contributed by atoms with Crippen LogP contribution in [-0.2, 0) is 20.0 Å². The lowest BCUT2D eigenvalue weighted by Crippen LogP contribution is -2.50. The highest BCUT2D eigenvalue weighted by atomic mass is 35.5. The number of aliphatic hydroxyl groups excluding tert-OH is 1. The number of likely N-dealkylation sites (N-methyl/N-ethyl adjacent to an activating group) is 1. The fourth-order valence-electron chi connectivity index (χ4n) is 4.26. The summed E-state index contributed by atoms with van der Waals surface area (Å²) in [4.78, 5) is 15.2. The van der Waals surface area contributed by atoms with Crippen molar-refractivity contribution in [3.63, 3.8) is 0 Å². The van der Waals surface area contributed by atoms with Gasteiger partial charge in [-0.25, -0.2) is 16.8 Å². The van der Waals surface area contributed by atoms with Gasteiger partial charge in [0.1, 0.15) is 16.1 Å². The van der Waals surface area contributed by atoms with E-state index in [1.165, 1.54) is 64.8 Å². The van der Waals surface area contributed by atoms with Crippen molar-refractivity contribution < 1.29 is 31.5 Å². The molecule has 2 heterocycles. The lowest BCUT2D eigenvalue weighted by molar-refractivity contribution is 0.0387. The van der Waals surface area contributed by atoms with Crippen LogP contribution in [0.3, 0.4) is 0 Å². The topological polar surface area (TPSA) is 133 Å². The van der Waals surface area contributed by atoms with Crippen molar-refractivity contribution in [3.05, 3.63) is 70.6 Å². The largest absolute Gasteiger partial charge is 0.488 e. The molecule has 1 amide bonds. The first-order chi connectivity index (χ1) is 18.8. The first-order valence-electron chi connectivity index (χ1n) is 12.3. The van der Waals surface area contributed by atoms with Crippen molar-refractivity contribution in [2.75, 3.05) is 31.5 Å². The molecule has 2 N–H and O–H groups in total. The summed E-state index contributed by atoms with van der Waals surface area (Å²) in [7, 11) is -6.29. The molecule has 4 rings (SSSR count). The van der Waals surface area contributed by atoms with E-state index in [1.54, 1.807) is 18.4 Å². The number of halogens is 1. The summed E-state index contributed by atoms with van der Waals surface area (Å²) in [6.45, 7) is 3.38. The van der Waals surface area contributed by atoms with Crippen LogP contribution in [0, 0.1) is 5.92 Å². The zero-order valence-electron chi connectivity index (χ0n) is 22.0. The van der Waals surface area contributed by atoms with E-state index in [0.717, 1.165) is 11.3 Å². The molecule has 2 aromatic carbocycles. The van der Waals surface area contributed by atoms with Crippen molar-refractivity contribution in [1.82, 2.24) is 9.21 Å². The van der Waals surface area contributed by atoms with E-state index >= 15 is 0 Å². The number of amides is 1. The lowest BCUT2D eigenvalue weighted by atomic mass is 9.99. The molecule has 1 aliphatic rings. The molecule has 0 saturated carbocycles. The van der Waals surface area contributed by atoms with Crippen molar-refractivity contribution in [2.45, 2.75) is 35.1 Å². The Balaban J connectivity index is 1.68. The Hall–Kier alpha value is -2.68. The molecular formula is C26H30ClN3O7S3. The Kier molecular flexibility index (Phi) is 9.12. The standard InChI is InChI=1S/C26H30ClN3O7S3/c1-17-14-30(18(2)16-31)26(32)22-13-20(28-39(33,34)25-5-4-12-38-25)8-11-23(22)37-24(17)15-29(3)40(35,36)21-9-6-19(27)7-10-21/h4-13,17-18,24,28,31H,14-16H2,1-3H3/t17-,18+,24+/m1/s1. The molecule has 0 unspecified atom stereocenters. The van der Waals surface area contributed by atoms with Crippen molar-refractivity contribution in [1.29, 1.82) is 0 Å². The van der Waals surface area contributed by atoms with Crippen LogP contribution in [-0.4, -0.2) is 75.9 Å². The van der Waals surface area contributed by atoms with Gasteiger partial charge in [0.15, 0.2) is 0 Å². The molecule has 1 aromatic heterocycles. The minimum absolute atomic E-state index is 0.0339. The summed E-state index contributed by atoms with van der Waals surface area (Å²) >= 11 is 6.98. The molecule has 40 heavy (non-hydrogen) atoms. The summed E-state index contributed by atoms with van der Waals surface area (Å²) in [6, 6.07) is 12.7. The second-order valence-corrected chi connectivity index (χ2v) is 14.9. The number of thiophene rings is 1. The molecule has 0 saturated heterocycles. The number of fused-ring (bicyclic) bond motifs is 1. The summed E-state index contributed by atoms with van der Waals surface area (Å²) in [5.41, 5.74) is 0.250. The van der Waals surface area contributed by atoms with E-state index in [2.05, 4.69) is 4.72 Å². The van der Waals surface area contributed by atoms with Gasteiger partial charge in [0.2, 0.25) is 10.0 Å². The first-order valence-corrected chi connectivity index (χ1v) is 16.5. The number of rotatable bonds is 9. The molecule has 0 fully saturated rings. The van der Waals surface area contributed by atoms with Crippen LogP contribution in [0.4, 0.5) is 5.69 Å². The number of carbonyl (C=O) groups is 1. The lowest BCUT2D eigenvalue weighted by Gasteiger charge is -2.38. The summed E-state index contributed by atoms with van der Waals surface area (Å²) in [5, 5.41) is 11.9. The molecule has 0 aliphatic carbocycles. The summed E-state index contributed by atoms with van der Waals surface area (Å²) < 4.78 is 62.1. The van der Waals surface area contributed by atoms with Crippen LogP contribution in [0.25, 0.3) is 0 Å². The maximum Gasteiger partial charge on any atom is 0.271 e. The van der Waals surface area contributed by atoms with Gasteiger partial charge < -0.3 is 14.7 Å². The number of carbonyl (C=O) groups excluding carboxylic acids is 1. The van der Waals surface area contributed by atoms with Crippen molar-refractivity contribution >= 4 is 54.6 Å². The third kappa shape index (κ3) is 6.45. The Morgan fingerprint density at radius 1 is 1.18 bits per heavy atom. The predicted molar refractivity (Wildman–Crippen MR) is 154 cm³/mol. The molecule has 14 heteroatoms. The monoisotopic (exact) mass is 627 g/mol. The minimum atomic E-state index is -3.87. The number of hydrogen-bond donors (Lipinski definition) is 2. The van der Waals surface area contributed by atoms with Crippen molar-refractivity contribution in [2.24, 2.45) is 5.92 Å². The van der Waals surface area contributed by atoms with Gasteiger partial charge in [-0.3, -0.25) is 9.52 Å². The SMILES string of the molecule is C[C@@H]1CN([C@@H](C)CO)C(=O)c2cc(NS(=O)(=O)c3cccs3)ccc2O[C@H]1CN(C)S(=O)(=O)c1ccc(Cl)cc1. The second-order valence-electron chi connectivity index (χ2n) is 9.61. The average molecular weight is 628 g/mol. The quantitative estimate of drug-likeness (QED) is 0.369. The number of ether oxygens (including phenoxy) is 1. The molecule has 216 valence electrons. The number of aliphatic hydroxyl groups is 1. The van der Waals surface area contributed by atoms with Gasteiger partial charge in [-0.2, -0.15) is 4.31 Å². The van der Waals surface area contributed by atoms with Crippen LogP contribution < -0.4 is 9.46 Å². The molecule has 0 bridgehead atoms. The highest BCUT2D eigenvalue weighted by molar-refractivity contribution is 7.94. The van der Waals surface area contributed by atoms with E-state index in [0.29, 0.717) is 5.02 Å². The number of anilines is 1. The van der Waals surface area contributed by atoms with Gasteiger partial charge in [0.25, 0.3) is 15.9 Å². The molecule has 0 spiro atoms. The van der Waals surface area contributed by atoms with Gasteiger partial charge in [-0.15, -0.1) is 11.3 Å². The van der Waals surface area contributed by atoms with E-state index in [4.69, 9.17) is 16.3 Å². The Morgan fingerprint density at radius 2 is 1.88 bits per heavy atom. The molecule has 1 aliphatic heterocycles. The fraction of sp³-hybridized carbons (Fsp3) is 0.346. The summed E-state index contributed by atoms with van der Waals surface area (Å²) in [6.07, 6.45) is -0.680. The van der Waals surface area contributed by atoms with Crippen LogP contribution >= 0.6 is 22.9 Å². The highest BCUT2D eigenvalue weighted by Gasteiger charge is 2.35. The van der Waals surface area contributed by atoms with Crippen LogP contribution in [0.2, 0.25) is 5.02 Å². The van der Waals surface area contributed by atoms with E-state index < -0.39 is 38.1 Å². The zero-order valence-corrected chi connectivity index (χ0v) is 25.2. The molecule has 3 aromatic rings. The first kappa shape index (κ1) is 30.3. The maximum atomic E-state index is 13.6. The Labute approximate surface area is 243 Å². The normalized spacial score (nSPS) is 18.9. The van der Waals surface area contributed by atoms with Crippen molar-refractivity contribution in [3.8, 4) is 5.75 Å². The fourth-order valence-corrected chi connectivity index (χ4v) is 7.62. The Bertz CT molecular complexity index is 1560. The molecule has 3 atom stereocenters. The number of sulfonamides is 2. The highest BCUT2D eigenvalue weighted by Crippen LogP contribution is 2.32. The van der Waals surface area contributed by atoms with Crippen LogP contribution in [0.5, 0.6) is 5.75 Å². The smallest absolute Gasteiger partial charge is 0.271 e. The van der Waals surface area contributed by atoms with E-state index in [9.17, 15) is 26.7 Å². The van der Waals surface area contributed by atoms with E-state index in [-0.39, 0.29) is 51.7 Å². The average Bonchev–Trinajstić information content (AvgIpc) is 3.47. The number of benzene rings is 2. The molecule has 10 nitrogen and oxygen atoms in total. The van der Waals surface area contributed by atoms with Gasteiger partial charge in [-0.05, 0) is 60.8 Å². The maximum absolute atomic E-state index is 13.6. The van der Waals surface area contributed by atoms with Gasteiger partial charge >= 0.3 is 0 Å². The molecule has 0 radical (unpaired) electrons. The second kappa shape index (κ2) is 12.0. The van der Waals surface area contributed by atoms with Crippen LogP contribution in [0.15, 0.2) is 69.1 Å². The summed E-state index contributed by atoms with van der Waals surface area (Å²) in [5.74, 6) is -0.597. The van der Waals surface area contributed by atoms with Crippen LogP contribution in [0.1, 0.15) is 24.2 Å². The number of nitrogens with one attached hydrogen (secondary N) is 1. The Morgan fingerprint density at radius 3 is 2.50 bits per heavy atom. The number of hydrogen-bond acceptors (Lipinski definition) is 8.